The highest BCUT2D eigenvalue weighted by Gasteiger charge is 2.40. The molecule has 1 aliphatic heterocycles. The van der Waals surface area contributed by atoms with Gasteiger partial charge in [0.1, 0.15) is 6.10 Å². The number of amides is 2. The fourth-order valence-corrected chi connectivity index (χ4v) is 4.86. The molecule has 0 saturated carbocycles. The molecule has 0 aliphatic carbocycles. The number of thioether (sulfide) groups is 1. The van der Waals surface area contributed by atoms with Gasteiger partial charge in [-0.05, 0) is 31.1 Å². The molecule has 2 unspecified atom stereocenters. The Morgan fingerprint density at radius 2 is 1.78 bits per heavy atom. The summed E-state index contributed by atoms with van der Waals surface area (Å²) < 4.78 is 29.5. The van der Waals surface area contributed by atoms with E-state index in [1.165, 1.54) is 42.1 Å². The van der Waals surface area contributed by atoms with Gasteiger partial charge in [-0.3, -0.25) is 4.79 Å². The van der Waals surface area contributed by atoms with Crippen LogP contribution in [0.2, 0.25) is 0 Å². The van der Waals surface area contributed by atoms with Crippen molar-refractivity contribution in [2.45, 2.75) is 49.6 Å². The van der Waals surface area contributed by atoms with Crippen LogP contribution in [0.15, 0.2) is 72.8 Å². The van der Waals surface area contributed by atoms with Crippen molar-refractivity contribution in [2.75, 3.05) is 18.8 Å². The number of hydrogen-bond donors (Lipinski definition) is 2. The number of carbonyl (C=O) groups is 2. The van der Waals surface area contributed by atoms with Crippen LogP contribution in [0.5, 0.6) is 0 Å². The fourth-order valence-electron chi connectivity index (χ4n) is 3.99. The van der Waals surface area contributed by atoms with E-state index in [0.29, 0.717) is 31.8 Å². The number of benzene rings is 2. The third kappa shape index (κ3) is 7.30. The summed E-state index contributed by atoms with van der Waals surface area (Å²) in [6.07, 6.45) is 1.90. The number of aliphatic carboxylic acids is 1. The van der Waals surface area contributed by atoms with Crippen molar-refractivity contribution in [2.24, 2.45) is 0 Å². The first-order valence-corrected chi connectivity index (χ1v) is 13.0. The average molecular weight is 519 g/mol. The lowest BCUT2D eigenvalue weighted by Gasteiger charge is -2.23. The average Bonchev–Trinajstić information content (AvgIpc) is 3.17. The van der Waals surface area contributed by atoms with Gasteiger partial charge in [0.25, 0.3) is 0 Å². The van der Waals surface area contributed by atoms with Crippen LogP contribution < -0.4 is 0 Å². The number of rotatable bonds is 13. The molecule has 1 heterocycles. The highest BCUT2D eigenvalue weighted by atomic mass is 32.2. The highest BCUT2D eigenvalue weighted by molar-refractivity contribution is 8.00. The van der Waals surface area contributed by atoms with Gasteiger partial charge in [0, 0.05) is 25.2 Å². The van der Waals surface area contributed by atoms with E-state index < -0.39 is 29.3 Å². The van der Waals surface area contributed by atoms with Gasteiger partial charge in [-0.15, -0.1) is 11.8 Å². The summed E-state index contributed by atoms with van der Waals surface area (Å²) in [5.41, 5.74) is 0.686. The van der Waals surface area contributed by atoms with E-state index in [-0.39, 0.29) is 11.6 Å². The lowest BCUT2D eigenvalue weighted by molar-refractivity contribution is -0.136. The van der Waals surface area contributed by atoms with Crippen molar-refractivity contribution in [3.63, 3.8) is 0 Å². The molecule has 9 heteroatoms. The second kappa shape index (κ2) is 12.9. The first kappa shape index (κ1) is 27.7. The number of carboxylic acids is 1. The van der Waals surface area contributed by atoms with Crippen molar-refractivity contribution >= 4 is 23.8 Å². The van der Waals surface area contributed by atoms with Crippen LogP contribution in [0, 0.1) is 0 Å². The number of unbranched alkanes of at least 4 members (excludes halogenated alkanes) is 1. The van der Waals surface area contributed by atoms with Gasteiger partial charge in [0.2, 0.25) is 0 Å². The topological polar surface area (TPSA) is 81.1 Å². The van der Waals surface area contributed by atoms with Gasteiger partial charge in [-0.25, -0.2) is 4.79 Å². The zero-order chi connectivity index (χ0) is 26.1. The molecule has 194 valence electrons. The first-order chi connectivity index (χ1) is 17.2. The number of aliphatic hydroxyl groups excluding tert-OH is 1. The van der Waals surface area contributed by atoms with Crippen molar-refractivity contribution in [1.29, 1.82) is 0 Å². The minimum Gasteiger partial charge on any atom is -0.480 e. The number of halogens is 2. The maximum Gasteiger partial charge on any atom is 0.320 e. The Balaban J connectivity index is 1.67. The van der Waals surface area contributed by atoms with E-state index in [9.17, 15) is 23.5 Å². The summed E-state index contributed by atoms with van der Waals surface area (Å²) >= 11 is 1.34. The number of aliphatic hydroxyl groups is 1. The molecule has 0 radical (unpaired) electrons. The predicted molar refractivity (Wildman–Crippen MR) is 137 cm³/mol. The van der Waals surface area contributed by atoms with Gasteiger partial charge >= 0.3 is 17.9 Å². The molecule has 3 atom stereocenters. The van der Waals surface area contributed by atoms with Crippen LogP contribution in [-0.2, 0) is 17.3 Å². The third-order valence-electron chi connectivity index (χ3n) is 6.09. The van der Waals surface area contributed by atoms with Crippen molar-refractivity contribution < 1.29 is 28.6 Å². The summed E-state index contributed by atoms with van der Waals surface area (Å²) in [6, 6.07) is 16.0. The minimum atomic E-state index is -3.47. The molecule has 0 bridgehead atoms. The van der Waals surface area contributed by atoms with Crippen molar-refractivity contribution in [3.8, 4) is 0 Å². The maximum atomic E-state index is 14.7. The molecule has 1 saturated heterocycles. The fraction of sp³-hybridized carbons (Fsp3) is 0.407. The number of hydrogen-bond acceptors (Lipinski definition) is 4. The summed E-state index contributed by atoms with van der Waals surface area (Å²) in [5.74, 6) is -3.68. The highest BCUT2D eigenvalue weighted by Crippen LogP contribution is 2.32. The second-order valence-corrected chi connectivity index (χ2v) is 10.2. The minimum absolute atomic E-state index is 0.190. The largest absolute Gasteiger partial charge is 0.480 e. The molecule has 2 N–H and O–H groups in total. The molecule has 6 nitrogen and oxygen atoms in total. The SMILES string of the molecule is CC(SCCCCN1C(=O)N(Cc2ccccc2)C[C@@H]1/C=C/C(O)C(F)(F)c1ccccc1)C(=O)O. The van der Waals surface area contributed by atoms with Gasteiger partial charge < -0.3 is 20.0 Å². The van der Waals surface area contributed by atoms with E-state index in [4.69, 9.17) is 5.11 Å². The smallest absolute Gasteiger partial charge is 0.320 e. The molecule has 36 heavy (non-hydrogen) atoms. The third-order valence-corrected chi connectivity index (χ3v) is 7.32. The molecule has 2 aromatic rings. The van der Waals surface area contributed by atoms with Crippen LogP contribution in [0.4, 0.5) is 13.6 Å². The Morgan fingerprint density at radius 3 is 2.42 bits per heavy atom. The van der Waals surface area contributed by atoms with Crippen LogP contribution in [0.25, 0.3) is 0 Å². The number of nitrogens with zero attached hydrogens (tertiary/aromatic N) is 2. The van der Waals surface area contributed by atoms with Gasteiger partial charge in [0.05, 0.1) is 11.3 Å². The molecule has 3 rings (SSSR count). The predicted octanol–water partition coefficient (Wildman–Crippen LogP) is 4.99. The van der Waals surface area contributed by atoms with Crippen LogP contribution in [-0.4, -0.2) is 68.3 Å². The summed E-state index contributed by atoms with van der Waals surface area (Å²) in [5, 5.41) is 18.8. The Labute approximate surface area is 214 Å². The van der Waals surface area contributed by atoms with Gasteiger partial charge in [-0.1, -0.05) is 72.8 Å². The molecular formula is C27H32F2N2O4S. The van der Waals surface area contributed by atoms with Crippen LogP contribution in [0.3, 0.4) is 0 Å². The van der Waals surface area contributed by atoms with Crippen molar-refractivity contribution in [3.05, 3.63) is 83.9 Å². The molecule has 2 amide bonds. The second-order valence-electron chi connectivity index (χ2n) is 8.79. The summed E-state index contributed by atoms with van der Waals surface area (Å²) in [4.78, 5) is 27.5. The van der Waals surface area contributed by atoms with Crippen molar-refractivity contribution in [1.82, 2.24) is 9.80 Å². The van der Waals surface area contributed by atoms with E-state index in [1.807, 2.05) is 30.3 Å². The monoisotopic (exact) mass is 518 g/mol. The van der Waals surface area contributed by atoms with E-state index in [1.54, 1.807) is 22.8 Å². The standard InChI is InChI=1S/C27H32F2N2O4S/c1-20(25(33)34)36-17-9-8-16-31-23(19-30(26(31)35)18-21-10-4-2-5-11-21)14-15-24(32)27(28,29)22-12-6-3-7-13-22/h2-7,10-15,20,23-24,32H,8-9,16-19H2,1H3,(H,33,34)/b15-14+/t20?,23-,24?/m0/s1. The van der Waals surface area contributed by atoms with E-state index in [2.05, 4.69) is 0 Å². The van der Waals surface area contributed by atoms with Gasteiger partial charge in [0.15, 0.2) is 0 Å². The number of urea groups is 1. The normalized spacial score (nSPS) is 18.1. The Kier molecular flexibility index (Phi) is 9.89. The Hall–Kier alpha value is -2.91. The maximum absolute atomic E-state index is 14.7. The lowest BCUT2D eigenvalue weighted by Crippen LogP contribution is -2.35. The number of carboxylic acid groups (broad SMARTS) is 1. The van der Waals surface area contributed by atoms with Crippen LogP contribution in [0.1, 0.15) is 30.9 Å². The molecule has 1 aliphatic rings. The Morgan fingerprint density at radius 1 is 1.14 bits per heavy atom. The molecule has 0 spiro atoms. The molecule has 2 aromatic carbocycles. The first-order valence-electron chi connectivity index (χ1n) is 11.9. The van der Waals surface area contributed by atoms with Gasteiger partial charge in [-0.2, -0.15) is 8.78 Å². The molecular weight excluding hydrogens is 486 g/mol. The zero-order valence-electron chi connectivity index (χ0n) is 20.2. The quantitative estimate of drug-likeness (QED) is 0.289. The molecule has 1 fully saturated rings. The summed E-state index contributed by atoms with van der Waals surface area (Å²) in [7, 11) is 0. The Bertz CT molecular complexity index is 1020. The molecule has 0 aromatic heterocycles. The van der Waals surface area contributed by atoms with E-state index in [0.717, 1.165) is 18.1 Å². The number of carbonyl (C=O) groups excluding carboxylic acids is 1. The zero-order valence-corrected chi connectivity index (χ0v) is 21.0. The lowest BCUT2D eigenvalue weighted by atomic mass is 10.0. The van der Waals surface area contributed by atoms with Crippen LogP contribution >= 0.6 is 11.8 Å². The summed E-state index contributed by atoms with van der Waals surface area (Å²) in [6.45, 7) is 2.76. The number of alkyl halides is 2. The van der Waals surface area contributed by atoms with E-state index >= 15 is 0 Å².